The molecule has 0 saturated heterocycles. The van der Waals surface area contributed by atoms with E-state index in [1.165, 1.54) is 4.90 Å². The molecule has 26 heavy (non-hydrogen) atoms. The van der Waals surface area contributed by atoms with Crippen LogP contribution in [0.15, 0.2) is 70.4 Å². The third-order valence-electron chi connectivity index (χ3n) is 3.95. The van der Waals surface area contributed by atoms with E-state index in [1.807, 2.05) is 47.0 Å². The van der Waals surface area contributed by atoms with E-state index in [0.717, 1.165) is 27.2 Å². The van der Waals surface area contributed by atoms with Gasteiger partial charge in [0.05, 0.1) is 16.9 Å². The van der Waals surface area contributed by atoms with E-state index in [1.54, 1.807) is 18.0 Å². The highest BCUT2D eigenvalue weighted by Gasteiger charge is 2.13. The second-order valence-corrected chi connectivity index (χ2v) is 7.68. The lowest BCUT2D eigenvalue weighted by Crippen LogP contribution is -2.01. The van der Waals surface area contributed by atoms with E-state index < -0.39 is 0 Å². The summed E-state index contributed by atoms with van der Waals surface area (Å²) in [5.41, 5.74) is 3.33. The summed E-state index contributed by atoms with van der Waals surface area (Å²) in [5, 5.41) is 4.03. The number of halogens is 2. The van der Waals surface area contributed by atoms with Gasteiger partial charge in [0.25, 0.3) is 0 Å². The van der Waals surface area contributed by atoms with Crippen LogP contribution in [0.25, 0.3) is 16.9 Å². The first kappa shape index (κ1) is 17.4. The molecule has 0 saturated carbocycles. The van der Waals surface area contributed by atoms with Gasteiger partial charge in [-0.05, 0) is 52.5 Å². The lowest BCUT2D eigenvalue weighted by molar-refractivity contribution is 1.11. The van der Waals surface area contributed by atoms with Crippen molar-refractivity contribution in [2.75, 3.05) is 11.6 Å². The lowest BCUT2D eigenvalue weighted by atomic mass is 10.1. The summed E-state index contributed by atoms with van der Waals surface area (Å²) in [4.78, 5) is 10.4. The molecule has 0 amide bonds. The molecule has 0 bridgehead atoms. The van der Waals surface area contributed by atoms with Gasteiger partial charge in [-0.1, -0.05) is 29.8 Å². The van der Waals surface area contributed by atoms with Crippen molar-refractivity contribution in [1.29, 1.82) is 0 Å². The van der Waals surface area contributed by atoms with Crippen LogP contribution in [0.2, 0.25) is 5.02 Å². The van der Waals surface area contributed by atoms with Crippen LogP contribution in [-0.2, 0) is 0 Å². The molecule has 0 atom stereocenters. The van der Waals surface area contributed by atoms with Crippen LogP contribution in [-0.4, -0.2) is 20.6 Å². The van der Waals surface area contributed by atoms with E-state index >= 15 is 0 Å². The highest BCUT2D eigenvalue weighted by Crippen LogP contribution is 2.31. The van der Waals surface area contributed by atoms with Gasteiger partial charge >= 0.3 is 0 Å². The second kappa shape index (κ2) is 7.31. The summed E-state index contributed by atoms with van der Waals surface area (Å²) in [6.45, 7) is 0. The number of fused-ring (bicyclic) bond motifs is 1. The summed E-state index contributed by atoms with van der Waals surface area (Å²) in [6.07, 6.45) is 5.74. The smallest absolute Gasteiger partial charge is 0.181 e. The van der Waals surface area contributed by atoms with Crippen LogP contribution < -0.4 is 5.32 Å². The molecule has 2 aromatic carbocycles. The van der Waals surface area contributed by atoms with Gasteiger partial charge in [0.1, 0.15) is 4.60 Å². The first-order chi connectivity index (χ1) is 12.7. The average molecular weight is 446 g/mol. The van der Waals surface area contributed by atoms with Gasteiger partial charge in [-0.3, -0.25) is 4.40 Å². The van der Waals surface area contributed by atoms with Gasteiger partial charge in [0.15, 0.2) is 11.5 Å². The molecule has 4 nitrogen and oxygen atoms in total. The van der Waals surface area contributed by atoms with Gasteiger partial charge in [-0.15, -0.1) is 11.8 Å². The first-order valence-electron chi connectivity index (χ1n) is 7.85. The molecule has 130 valence electrons. The molecule has 4 aromatic rings. The quantitative estimate of drug-likeness (QED) is 0.375. The Hall–Kier alpha value is -2.02. The number of hydrogen-bond acceptors (Lipinski definition) is 4. The number of hydrogen-bond donors (Lipinski definition) is 1. The maximum absolute atomic E-state index is 6.37. The molecule has 1 N–H and O–H groups in total. The molecule has 0 unspecified atom stereocenters. The highest BCUT2D eigenvalue weighted by molar-refractivity contribution is 9.10. The molecule has 4 rings (SSSR count). The number of nitrogens with zero attached hydrogens (tertiary/aromatic N) is 3. The Bertz CT molecular complexity index is 1080. The van der Waals surface area contributed by atoms with Gasteiger partial charge in [0, 0.05) is 22.3 Å². The second-order valence-electron chi connectivity index (χ2n) is 5.58. The summed E-state index contributed by atoms with van der Waals surface area (Å²) < 4.78 is 2.80. The molecule has 7 heteroatoms. The fourth-order valence-electron chi connectivity index (χ4n) is 2.65. The van der Waals surface area contributed by atoms with Crippen molar-refractivity contribution < 1.29 is 0 Å². The normalized spacial score (nSPS) is 11.0. The van der Waals surface area contributed by atoms with Crippen molar-refractivity contribution >= 4 is 56.4 Å². The van der Waals surface area contributed by atoms with Crippen LogP contribution in [0.1, 0.15) is 0 Å². The topological polar surface area (TPSA) is 42.2 Å². The monoisotopic (exact) mass is 444 g/mol. The van der Waals surface area contributed by atoms with Crippen molar-refractivity contribution in [2.24, 2.45) is 0 Å². The van der Waals surface area contributed by atoms with Crippen molar-refractivity contribution in [3.8, 4) is 11.3 Å². The zero-order valence-electron chi connectivity index (χ0n) is 13.8. The van der Waals surface area contributed by atoms with Crippen molar-refractivity contribution in [2.45, 2.75) is 4.90 Å². The molecule has 2 heterocycles. The molecule has 0 aliphatic carbocycles. The summed E-state index contributed by atoms with van der Waals surface area (Å²) >= 11 is 11.6. The third kappa shape index (κ3) is 3.32. The average Bonchev–Trinajstić information content (AvgIpc) is 3.04. The van der Waals surface area contributed by atoms with Gasteiger partial charge in [-0.2, -0.15) is 0 Å². The number of benzene rings is 2. The summed E-state index contributed by atoms with van der Waals surface area (Å²) in [7, 11) is 0. The Labute approximate surface area is 168 Å². The van der Waals surface area contributed by atoms with Crippen LogP contribution in [0.5, 0.6) is 0 Å². The number of anilines is 2. The number of thioether (sulfide) groups is 1. The Morgan fingerprint density at radius 2 is 1.88 bits per heavy atom. The fraction of sp³-hybridized carbons (Fsp3) is 0.0526. The number of aromatic nitrogens is 3. The number of imidazole rings is 1. The largest absolute Gasteiger partial charge is 0.337 e. The van der Waals surface area contributed by atoms with E-state index in [0.29, 0.717) is 10.8 Å². The van der Waals surface area contributed by atoms with Crippen LogP contribution in [0.3, 0.4) is 0 Å². The fourth-order valence-corrected chi connectivity index (χ4v) is 3.67. The Morgan fingerprint density at radius 1 is 1.12 bits per heavy atom. The highest BCUT2D eigenvalue weighted by atomic mass is 79.9. The molecule has 0 spiro atoms. The molecule has 0 fully saturated rings. The van der Waals surface area contributed by atoms with E-state index in [2.05, 4.69) is 44.6 Å². The standard InChI is InChI=1S/C19H14BrClN4S/c1-26-13-8-6-12(7-9-13)23-18-19-22-10-17(20)25(19)11-16(24-18)14-4-2-3-5-15(14)21/h2-11H,1H3,(H,23,24). The maximum atomic E-state index is 6.37. The van der Waals surface area contributed by atoms with Crippen molar-refractivity contribution in [1.82, 2.24) is 14.4 Å². The minimum atomic E-state index is 0.658. The molecule has 0 aliphatic rings. The number of nitrogens with one attached hydrogen (secondary N) is 1. The molecule has 0 radical (unpaired) electrons. The first-order valence-corrected chi connectivity index (χ1v) is 10.2. The summed E-state index contributed by atoms with van der Waals surface area (Å²) in [6, 6.07) is 15.9. The Kier molecular flexibility index (Phi) is 4.89. The molecule has 2 aromatic heterocycles. The zero-order valence-corrected chi connectivity index (χ0v) is 16.9. The van der Waals surface area contributed by atoms with Crippen molar-refractivity contribution in [3.05, 3.63) is 70.6 Å². The maximum Gasteiger partial charge on any atom is 0.181 e. The van der Waals surface area contributed by atoms with Gasteiger partial charge < -0.3 is 5.32 Å². The minimum absolute atomic E-state index is 0.658. The molecule has 0 aliphatic heterocycles. The third-order valence-corrected chi connectivity index (χ3v) is 5.61. The molecular formula is C19H14BrClN4S. The van der Waals surface area contributed by atoms with Crippen LogP contribution in [0.4, 0.5) is 11.5 Å². The predicted octanol–water partition coefficient (Wildman–Crippen LogP) is 6.28. The Morgan fingerprint density at radius 3 is 2.62 bits per heavy atom. The van der Waals surface area contributed by atoms with E-state index in [9.17, 15) is 0 Å². The minimum Gasteiger partial charge on any atom is -0.337 e. The SMILES string of the molecule is CSc1ccc(Nc2nc(-c3ccccc3Cl)cn3c(Br)cnc23)cc1. The predicted molar refractivity (Wildman–Crippen MR) is 113 cm³/mol. The van der Waals surface area contributed by atoms with E-state index in [4.69, 9.17) is 16.6 Å². The lowest BCUT2D eigenvalue weighted by Gasteiger charge is -2.11. The van der Waals surface area contributed by atoms with Crippen LogP contribution >= 0.6 is 39.3 Å². The zero-order chi connectivity index (χ0) is 18.1. The number of rotatable bonds is 4. The van der Waals surface area contributed by atoms with Gasteiger partial charge in [-0.25, -0.2) is 9.97 Å². The molecular weight excluding hydrogens is 432 g/mol. The Balaban J connectivity index is 1.83. The van der Waals surface area contributed by atoms with Crippen molar-refractivity contribution in [3.63, 3.8) is 0 Å². The van der Waals surface area contributed by atoms with Crippen LogP contribution in [0, 0.1) is 0 Å². The summed E-state index contributed by atoms with van der Waals surface area (Å²) in [5.74, 6) is 0.671. The van der Waals surface area contributed by atoms with Gasteiger partial charge in [0.2, 0.25) is 0 Å². The van der Waals surface area contributed by atoms with E-state index in [-0.39, 0.29) is 0 Å².